The van der Waals surface area contributed by atoms with Crippen LogP contribution in [0.25, 0.3) is 11.0 Å². The van der Waals surface area contributed by atoms with Crippen molar-refractivity contribution in [2.45, 2.75) is 19.4 Å². The van der Waals surface area contributed by atoms with Crippen molar-refractivity contribution in [1.29, 1.82) is 0 Å². The Balaban J connectivity index is 1.29. The largest absolute Gasteiger partial charge is 0.381 e. The molecule has 0 radical (unpaired) electrons. The fourth-order valence-electron chi connectivity index (χ4n) is 3.71. The fourth-order valence-corrected chi connectivity index (χ4v) is 3.71. The van der Waals surface area contributed by atoms with E-state index in [2.05, 4.69) is 21.0 Å². The summed E-state index contributed by atoms with van der Waals surface area (Å²) in [4.78, 5) is 5.08. The van der Waals surface area contributed by atoms with Gasteiger partial charge in [-0.3, -0.25) is 4.90 Å². The van der Waals surface area contributed by atoms with Crippen LogP contribution in [0.3, 0.4) is 0 Å². The fraction of sp³-hybridized carbons (Fsp3) is 0.611. The van der Waals surface area contributed by atoms with E-state index >= 15 is 0 Å². The molecule has 2 fully saturated rings. The number of rotatable bonds is 4. The Bertz CT molecular complexity index is 628. The van der Waals surface area contributed by atoms with Gasteiger partial charge in [-0.2, -0.15) is 0 Å². The van der Waals surface area contributed by atoms with Gasteiger partial charge in [-0.1, -0.05) is 17.3 Å². The average Bonchev–Trinajstić information content (AvgIpc) is 3.01. The zero-order chi connectivity index (χ0) is 15.5. The van der Waals surface area contributed by atoms with Gasteiger partial charge in [0.2, 0.25) is 0 Å². The summed E-state index contributed by atoms with van der Waals surface area (Å²) >= 11 is 0. The Labute approximate surface area is 137 Å². The van der Waals surface area contributed by atoms with E-state index < -0.39 is 0 Å². The highest BCUT2D eigenvalue weighted by molar-refractivity contribution is 5.79. The Morgan fingerprint density at radius 2 is 1.91 bits per heavy atom. The first-order valence-electron chi connectivity index (χ1n) is 8.74. The quantitative estimate of drug-likeness (QED) is 0.866. The minimum atomic E-state index is 0.731. The number of piperazine rings is 1. The topological polar surface area (TPSA) is 41.7 Å². The Hall–Kier alpha value is -1.43. The number of hydrogen-bond donors (Lipinski definition) is 0. The number of aromatic nitrogens is 1. The van der Waals surface area contributed by atoms with Gasteiger partial charge in [0.15, 0.2) is 5.58 Å². The number of hydrogen-bond acceptors (Lipinski definition) is 5. The lowest BCUT2D eigenvalue weighted by molar-refractivity contribution is 0.0278. The van der Waals surface area contributed by atoms with Crippen molar-refractivity contribution in [1.82, 2.24) is 15.0 Å². The number of fused-ring (bicyclic) bond motifs is 1. The number of ether oxygens (including phenoxy) is 1. The van der Waals surface area contributed by atoms with E-state index in [0.29, 0.717) is 0 Å². The van der Waals surface area contributed by atoms with Gasteiger partial charge in [-0.25, -0.2) is 0 Å². The highest BCUT2D eigenvalue weighted by Crippen LogP contribution is 2.20. The van der Waals surface area contributed by atoms with Crippen molar-refractivity contribution in [3.05, 3.63) is 30.0 Å². The third-order valence-corrected chi connectivity index (χ3v) is 5.06. The molecular weight excluding hydrogens is 290 g/mol. The molecule has 0 bridgehead atoms. The van der Waals surface area contributed by atoms with E-state index in [9.17, 15) is 0 Å². The Morgan fingerprint density at radius 1 is 1.09 bits per heavy atom. The molecule has 5 nitrogen and oxygen atoms in total. The number of benzene rings is 1. The van der Waals surface area contributed by atoms with E-state index in [1.54, 1.807) is 0 Å². The van der Waals surface area contributed by atoms with Crippen LogP contribution in [0.5, 0.6) is 0 Å². The second-order valence-electron chi connectivity index (χ2n) is 6.79. The molecule has 2 aliphatic heterocycles. The molecule has 5 heteroatoms. The normalized spacial score (nSPS) is 24.3. The van der Waals surface area contributed by atoms with E-state index in [-0.39, 0.29) is 0 Å². The summed E-state index contributed by atoms with van der Waals surface area (Å²) in [7, 11) is 0. The Kier molecular flexibility index (Phi) is 4.60. The molecule has 0 aliphatic carbocycles. The molecule has 23 heavy (non-hydrogen) atoms. The van der Waals surface area contributed by atoms with Gasteiger partial charge < -0.3 is 14.2 Å². The maximum Gasteiger partial charge on any atom is 0.167 e. The van der Waals surface area contributed by atoms with Gasteiger partial charge in [0.05, 0.1) is 6.61 Å². The summed E-state index contributed by atoms with van der Waals surface area (Å²) < 4.78 is 11.0. The maximum absolute atomic E-state index is 5.60. The van der Waals surface area contributed by atoms with E-state index in [1.165, 1.54) is 19.4 Å². The highest BCUT2D eigenvalue weighted by Gasteiger charge is 2.22. The summed E-state index contributed by atoms with van der Waals surface area (Å²) in [6.45, 7) is 8.49. The molecule has 124 valence electrons. The van der Waals surface area contributed by atoms with Crippen molar-refractivity contribution >= 4 is 11.0 Å². The van der Waals surface area contributed by atoms with E-state index in [1.807, 2.05) is 18.2 Å². The molecule has 3 heterocycles. The Morgan fingerprint density at radius 3 is 2.74 bits per heavy atom. The smallest absolute Gasteiger partial charge is 0.167 e. The SMILES string of the molecule is c1ccc2c(CN3CCN(CC4CCCOC4)CC3)noc2c1. The van der Waals surface area contributed by atoms with Crippen LogP contribution in [0.1, 0.15) is 18.5 Å². The molecule has 1 aromatic carbocycles. The summed E-state index contributed by atoms with van der Waals surface area (Å²) in [6, 6.07) is 8.12. The zero-order valence-electron chi connectivity index (χ0n) is 13.6. The van der Waals surface area contributed by atoms with Crippen molar-refractivity contribution in [3.63, 3.8) is 0 Å². The van der Waals surface area contributed by atoms with Crippen LogP contribution in [-0.2, 0) is 11.3 Å². The van der Waals surface area contributed by atoms with E-state index in [4.69, 9.17) is 9.26 Å². The first-order valence-corrected chi connectivity index (χ1v) is 8.74. The summed E-state index contributed by atoms with van der Waals surface area (Å²) in [5.41, 5.74) is 1.95. The monoisotopic (exact) mass is 315 g/mol. The van der Waals surface area contributed by atoms with E-state index in [0.717, 1.165) is 68.5 Å². The first-order chi connectivity index (χ1) is 11.4. The van der Waals surface area contributed by atoms with Gasteiger partial charge in [-0.15, -0.1) is 0 Å². The van der Waals surface area contributed by atoms with Crippen LogP contribution in [0.15, 0.2) is 28.8 Å². The van der Waals surface area contributed by atoms with Gasteiger partial charge >= 0.3 is 0 Å². The van der Waals surface area contributed by atoms with Crippen molar-refractivity contribution in [2.24, 2.45) is 5.92 Å². The lowest BCUT2D eigenvalue weighted by atomic mass is 10.0. The average molecular weight is 315 g/mol. The molecule has 0 amide bonds. The lowest BCUT2D eigenvalue weighted by Crippen LogP contribution is -2.48. The lowest BCUT2D eigenvalue weighted by Gasteiger charge is -2.36. The standard InChI is InChI=1S/C18H25N3O2/c1-2-6-18-16(5-1)17(19-23-18)13-21-9-7-20(8-10-21)12-15-4-3-11-22-14-15/h1-2,5-6,15H,3-4,7-14H2. The van der Waals surface area contributed by atoms with Crippen LogP contribution < -0.4 is 0 Å². The number of para-hydroxylation sites is 1. The minimum Gasteiger partial charge on any atom is -0.381 e. The third-order valence-electron chi connectivity index (χ3n) is 5.06. The zero-order valence-corrected chi connectivity index (χ0v) is 13.6. The summed E-state index contributed by atoms with van der Waals surface area (Å²) in [6.07, 6.45) is 2.55. The molecule has 1 atom stereocenters. The van der Waals surface area contributed by atoms with Crippen LogP contribution in [0, 0.1) is 5.92 Å². The molecule has 2 saturated heterocycles. The van der Waals surface area contributed by atoms with Gasteiger partial charge in [0.1, 0.15) is 5.69 Å². The van der Waals surface area contributed by atoms with Gasteiger partial charge in [0.25, 0.3) is 0 Å². The minimum absolute atomic E-state index is 0.731. The molecule has 4 rings (SSSR count). The van der Waals surface area contributed by atoms with Crippen LogP contribution in [0.4, 0.5) is 0 Å². The maximum atomic E-state index is 5.60. The molecule has 0 saturated carbocycles. The van der Waals surface area contributed by atoms with Crippen LogP contribution in [0.2, 0.25) is 0 Å². The molecule has 0 spiro atoms. The van der Waals surface area contributed by atoms with Gasteiger partial charge in [0, 0.05) is 51.3 Å². The number of nitrogens with zero attached hydrogens (tertiary/aromatic N) is 3. The molecule has 2 aromatic rings. The summed E-state index contributed by atoms with van der Waals surface area (Å²) in [5.74, 6) is 0.731. The molecule has 1 unspecified atom stereocenters. The second-order valence-corrected chi connectivity index (χ2v) is 6.79. The van der Waals surface area contributed by atoms with Crippen molar-refractivity contribution in [3.8, 4) is 0 Å². The second kappa shape index (κ2) is 6.99. The molecular formula is C18H25N3O2. The predicted octanol–water partition coefficient (Wildman–Crippen LogP) is 2.37. The first kappa shape index (κ1) is 15.1. The van der Waals surface area contributed by atoms with Crippen LogP contribution in [-0.4, -0.2) is 60.9 Å². The van der Waals surface area contributed by atoms with Crippen LogP contribution >= 0.6 is 0 Å². The molecule has 0 N–H and O–H groups in total. The third kappa shape index (κ3) is 3.57. The van der Waals surface area contributed by atoms with Crippen molar-refractivity contribution < 1.29 is 9.26 Å². The predicted molar refractivity (Wildman–Crippen MR) is 89.3 cm³/mol. The molecule has 1 aromatic heterocycles. The molecule has 2 aliphatic rings. The highest BCUT2D eigenvalue weighted by atomic mass is 16.5. The van der Waals surface area contributed by atoms with Gasteiger partial charge in [-0.05, 0) is 30.9 Å². The summed E-state index contributed by atoms with van der Waals surface area (Å²) in [5, 5.41) is 5.40. The van der Waals surface area contributed by atoms with Crippen molar-refractivity contribution in [2.75, 3.05) is 45.9 Å².